The molecule has 2 rings (SSSR count). The molecule has 0 heteroatoms. The molecule has 0 spiro atoms. The van der Waals surface area contributed by atoms with E-state index >= 15 is 0 Å². The van der Waals surface area contributed by atoms with Crippen molar-refractivity contribution in [2.24, 2.45) is 0 Å². The molecule has 2 aromatic rings. The second kappa shape index (κ2) is 5.23. The normalized spacial score (nSPS) is 9.14. The van der Waals surface area contributed by atoms with Crippen LogP contribution in [0.4, 0.5) is 0 Å². The number of hydrogen-bond donors (Lipinski definition) is 0. The highest BCUT2D eigenvalue weighted by Gasteiger charge is 1.92. The van der Waals surface area contributed by atoms with Gasteiger partial charge in [0.1, 0.15) is 0 Å². The van der Waals surface area contributed by atoms with Crippen LogP contribution in [-0.4, -0.2) is 0 Å². The van der Waals surface area contributed by atoms with Gasteiger partial charge in [0.2, 0.25) is 0 Å². The Hall–Kier alpha value is -1.56. The fraction of sp³-hybridized carbons (Fsp3) is 0.143. The molecule has 0 unspecified atom stereocenters. The monoisotopic (exact) mass is 184 g/mol. The van der Waals surface area contributed by atoms with Crippen molar-refractivity contribution in [1.82, 2.24) is 0 Å². The predicted molar refractivity (Wildman–Crippen MR) is 62.4 cm³/mol. The molecule has 0 nitrogen and oxygen atoms in total. The summed E-state index contributed by atoms with van der Waals surface area (Å²) in [6, 6.07) is 21.1. The zero-order valence-electron chi connectivity index (χ0n) is 7.48. The average molecular weight is 184 g/mol. The lowest BCUT2D eigenvalue weighted by atomic mass is 10.1. The lowest BCUT2D eigenvalue weighted by Gasteiger charge is -2.00. The van der Waals surface area contributed by atoms with E-state index in [1.54, 1.807) is 0 Å². The first kappa shape index (κ1) is 10.5. The Morgan fingerprint density at radius 2 is 0.929 bits per heavy atom. The standard InChI is InChI=1S/C13H12.CH4/c1-3-7-12(8-4-1)11-13-9-5-2-6-10-13;/h1-10H,11H2;1H4. The Balaban J connectivity index is 0.000000980. The van der Waals surface area contributed by atoms with Crippen molar-refractivity contribution in [3.8, 4) is 0 Å². The van der Waals surface area contributed by atoms with E-state index in [4.69, 9.17) is 0 Å². The Labute approximate surface area is 86.2 Å². The zero-order valence-corrected chi connectivity index (χ0v) is 7.48. The third-order valence-corrected chi connectivity index (χ3v) is 2.09. The van der Waals surface area contributed by atoms with Gasteiger partial charge in [-0.3, -0.25) is 0 Å². The second-order valence-electron chi connectivity index (χ2n) is 3.15. The molecular formula is C14H16. The maximum absolute atomic E-state index is 2.16. The van der Waals surface area contributed by atoms with Gasteiger partial charge in [-0.05, 0) is 17.5 Å². The van der Waals surface area contributed by atoms with Gasteiger partial charge in [0.25, 0.3) is 0 Å². The van der Waals surface area contributed by atoms with Crippen molar-refractivity contribution >= 4 is 0 Å². The zero-order chi connectivity index (χ0) is 8.93. The van der Waals surface area contributed by atoms with Crippen LogP contribution in [0.25, 0.3) is 0 Å². The van der Waals surface area contributed by atoms with E-state index in [1.165, 1.54) is 11.1 Å². The van der Waals surface area contributed by atoms with Crippen LogP contribution in [0.5, 0.6) is 0 Å². The smallest absolute Gasteiger partial charge is 0.00258 e. The van der Waals surface area contributed by atoms with Crippen LogP contribution in [0.1, 0.15) is 18.6 Å². The van der Waals surface area contributed by atoms with Gasteiger partial charge in [0.05, 0.1) is 0 Å². The van der Waals surface area contributed by atoms with E-state index in [0.717, 1.165) is 6.42 Å². The second-order valence-corrected chi connectivity index (χ2v) is 3.15. The Morgan fingerprint density at radius 3 is 1.29 bits per heavy atom. The Kier molecular flexibility index (Phi) is 3.93. The maximum Gasteiger partial charge on any atom is -0.00258 e. The summed E-state index contributed by atoms with van der Waals surface area (Å²) in [5.41, 5.74) is 2.74. The lowest BCUT2D eigenvalue weighted by Crippen LogP contribution is -1.85. The van der Waals surface area contributed by atoms with E-state index in [9.17, 15) is 0 Å². The first-order chi connectivity index (χ1) is 6.45. The molecule has 0 aliphatic carbocycles. The van der Waals surface area contributed by atoms with Gasteiger partial charge < -0.3 is 0 Å². The van der Waals surface area contributed by atoms with Gasteiger partial charge in [-0.1, -0.05) is 68.1 Å². The van der Waals surface area contributed by atoms with Crippen LogP contribution in [0.3, 0.4) is 0 Å². The number of hydrogen-bond acceptors (Lipinski definition) is 0. The molecule has 0 aliphatic heterocycles. The van der Waals surface area contributed by atoms with Crippen molar-refractivity contribution in [3.63, 3.8) is 0 Å². The molecule has 0 aliphatic rings. The topological polar surface area (TPSA) is 0 Å². The largest absolute Gasteiger partial charge is 0.0776 e. The molecule has 0 N–H and O–H groups in total. The number of rotatable bonds is 2. The minimum atomic E-state index is 0. The number of benzene rings is 2. The summed E-state index contributed by atoms with van der Waals surface area (Å²) in [4.78, 5) is 0. The van der Waals surface area contributed by atoms with Crippen LogP contribution >= 0.6 is 0 Å². The summed E-state index contributed by atoms with van der Waals surface area (Å²) in [6.45, 7) is 0. The third-order valence-electron chi connectivity index (χ3n) is 2.09. The first-order valence-electron chi connectivity index (χ1n) is 4.53. The summed E-state index contributed by atoms with van der Waals surface area (Å²) in [5, 5.41) is 0. The highest BCUT2D eigenvalue weighted by molar-refractivity contribution is 5.25. The summed E-state index contributed by atoms with van der Waals surface area (Å²) in [5.74, 6) is 0. The SMILES string of the molecule is C.c1ccc(Cc2ccccc2)cc1. The summed E-state index contributed by atoms with van der Waals surface area (Å²) < 4.78 is 0. The highest BCUT2D eigenvalue weighted by Crippen LogP contribution is 2.07. The quantitative estimate of drug-likeness (QED) is 0.663. The van der Waals surface area contributed by atoms with Crippen LogP contribution in [0, 0.1) is 0 Å². The van der Waals surface area contributed by atoms with Crippen LogP contribution in [-0.2, 0) is 6.42 Å². The van der Waals surface area contributed by atoms with Crippen molar-refractivity contribution < 1.29 is 0 Å². The molecule has 14 heavy (non-hydrogen) atoms. The van der Waals surface area contributed by atoms with Crippen molar-refractivity contribution in [1.29, 1.82) is 0 Å². The van der Waals surface area contributed by atoms with E-state index < -0.39 is 0 Å². The van der Waals surface area contributed by atoms with E-state index in [0.29, 0.717) is 0 Å². The molecule has 0 aromatic heterocycles. The fourth-order valence-electron chi connectivity index (χ4n) is 1.43. The molecule has 0 atom stereocenters. The molecule has 0 radical (unpaired) electrons. The van der Waals surface area contributed by atoms with Gasteiger partial charge in [-0.15, -0.1) is 0 Å². The molecule has 0 bridgehead atoms. The minimum absolute atomic E-state index is 0. The van der Waals surface area contributed by atoms with Crippen LogP contribution in [0.2, 0.25) is 0 Å². The van der Waals surface area contributed by atoms with E-state index in [2.05, 4.69) is 60.7 Å². The van der Waals surface area contributed by atoms with Crippen LogP contribution < -0.4 is 0 Å². The molecule has 0 saturated carbocycles. The molecule has 0 fully saturated rings. The summed E-state index contributed by atoms with van der Waals surface area (Å²) in [6.07, 6.45) is 1.03. The molecule has 0 amide bonds. The van der Waals surface area contributed by atoms with Crippen LogP contribution in [0.15, 0.2) is 60.7 Å². The van der Waals surface area contributed by atoms with Gasteiger partial charge in [0, 0.05) is 0 Å². The highest BCUT2D eigenvalue weighted by atomic mass is 14.0. The van der Waals surface area contributed by atoms with Gasteiger partial charge in [0.15, 0.2) is 0 Å². The third kappa shape index (κ3) is 2.74. The molecular weight excluding hydrogens is 168 g/mol. The minimum Gasteiger partial charge on any atom is -0.0776 e. The average Bonchev–Trinajstić information content (AvgIpc) is 2.21. The van der Waals surface area contributed by atoms with Gasteiger partial charge in [-0.25, -0.2) is 0 Å². The molecule has 2 aromatic carbocycles. The summed E-state index contributed by atoms with van der Waals surface area (Å²) >= 11 is 0. The molecule has 72 valence electrons. The predicted octanol–water partition coefficient (Wildman–Crippen LogP) is 3.91. The van der Waals surface area contributed by atoms with Gasteiger partial charge >= 0.3 is 0 Å². The van der Waals surface area contributed by atoms with Crippen molar-refractivity contribution in [3.05, 3.63) is 71.8 Å². The molecule has 0 saturated heterocycles. The maximum atomic E-state index is 2.16. The lowest BCUT2D eigenvalue weighted by molar-refractivity contribution is 1.19. The van der Waals surface area contributed by atoms with E-state index in [-0.39, 0.29) is 7.43 Å². The Morgan fingerprint density at radius 1 is 0.571 bits per heavy atom. The Bertz CT molecular complexity index is 311. The molecule has 0 heterocycles. The van der Waals surface area contributed by atoms with Crippen molar-refractivity contribution in [2.75, 3.05) is 0 Å². The van der Waals surface area contributed by atoms with Gasteiger partial charge in [-0.2, -0.15) is 0 Å². The van der Waals surface area contributed by atoms with Crippen molar-refractivity contribution in [2.45, 2.75) is 13.8 Å². The first-order valence-corrected chi connectivity index (χ1v) is 4.53. The summed E-state index contributed by atoms with van der Waals surface area (Å²) in [7, 11) is 0. The fourth-order valence-corrected chi connectivity index (χ4v) is 1.43. The van der Waals surface area contributed by atoms with E-state index in [1.807, 2.05) is 0 Å².